The van der Waals surface area contributed by atoms with Crippen LogP contribution in [0, 0.1) is 26.6 Å². The molecule has 4 N–H and O–H groups in total. The van der Waals surface area contributed by atoms with Crippen LogP contribution in [0.2, 0.25) is 5.02 Å². The first kappa shape index (κ1) is 64.1. The largest absolute Gasteiger partial charge is 0.468 e. The Bertz CT molecular complexity index is 3760. The predicted octanol–water partition coefficient (Wildman–Crippen LogP) is 4.75. The molecule has 4 bridgehead atoms. The Labute approximate surface area is 521 Å². The SMILES string of the molecule is COC(=O)CNC(=O)CNC(=O)Cn1nc2c3c(cccc31)-c1cc3c(cnn3[N+]3(C(=O)CCC(=O)NCCOCCOCCOCCOCCOCCNC(=O)C[C@@H]4N=C(c5ccc(Cl)cc5)c5c(sc(C)c5C)-n5c(C)nnc54)CCC2CC3)cc1F. The third-order valence-corrected chi connectivity index (χ3v) is 17.4. The summed E-state index contributed by atoms with van der Waals surface area (Å²) in [5.74, 6) is -1.75. The molecule has 1 saturated heterocycles. The van der Waals surface area contributed by atoms with Crippen molar-refractivity contribution in [3.05, 3.63) is 111 Å². The summed E-state index contributed by atoms with van der Waals surface area (Å²) in [7, 11) is 1.20. The fourth-order valence-corrected chi connectivity index (χ4v) is 12.7. The molecule has 0 unspecified atom stereocenters. The van der Waals surface area contributed by atoms with Gasteiger partial charge in [-0.05, 0) is 62.2 Å². The van der Waals surface area contributed by atoms with E-state index in [2.05, 4.69) is 55.1 Å². The van der Waals surface area contributed by atoms with Crippen LogP contribution in [0.5, 0.6) is 0 Å². The van der Waals surface area contributed by atoms with Crippen molar-refractivity contribution in [1.82, 2.24) is 60.3 Å². The van der Waals surface area contributed by atoms with E-state index in [9.17, 15) is 28.8 Å². The quantitative estimate of drug-likeness (QED) is 0.0268. The number of aryl methyl sites for hydroxylation is 2. The minimum absolute atomic E-state index is 0.0625. The van der Waals surface area contributed by atoms with Crippen molar-refractivity contribution in [2.45, 2.75) is 71.4 Å². The highest BCUT2D eigenvalue weighted by molar-refractivity contribution is 7.15. The summed E-state index contributed by atoms with van der Waals surface area (Å²) >= 11 is 7.90. The average molecular weight is 1270 g/mol. The molecule has 28 heteroatoms. The van der Waals surface area contributed by atoms with Gasteiger partial charge < -0.3 is 49.7 Å². The third kappa shape index (κ3) is 14.9. The number of benzene rings is 3. The number of carbonyl (C=O) groups excluding carboxylic acids is 6. The molecule has 0 spiro atoms. The standard InChI is InChI=1S/C61H71ClFN13O12S/c1-37-38(2)89-61-56(37)58(40-8-10-43(62)11-9-40)69-47(60-71-70-39(3)74(60)61)32-51(78)65-17-21-85-23-25-87-27-29-88-28-26-86-24-22-84-20-16-64-50(77)12-13-54(81)76-18-14-41(15-19-76)59-57-44(45-31-49-42(30-46(45)63)33-68-75(49)76)6-5-7-48(57)73(72-59)36-53(80)66-34-52(79)67-35-55(82)83-4/h5-11,30-31,33,41,47H,12-29,32,34-36H2,1-4H3,(H3-,64,65,66,67,77,78,79,80)/p+1/t41?,47-,76?/m0/s1. The fraction of sp³-hybridized carbons (Fsp3) is 0.459. The summed E-state index contributed by atoms with van der Waals surface area (Å²) in [5.41, 5.74) is 6.47. The number of hydrogen-bond acceptors (Lipinski definition) is 18. The van der Waals surface area contributed by atoms with Crippen LogP contribution in [0.25, 0.3) is 37.9 Å². The van der Waals surface area contributed by atoms with E-state index in [0.717, 1.165) is 33.2 Å². The van der Waals surface area contributed by atoms with E-state index in [1.807, 2.05) is 47.9 Å². The number of quaternary nitrogens is 1. The summed E-state index contributed by atoms with van der Waals surface area (Å²) in [5, 5.41) is 32.0. The zero-order valence-electron chi connectivity index (χ0n) is 50.1. The number of amides is 5. The van der Waals surface area contributed by atoms with Gasteiger partial charge in [-0.15, -0.1) is 31.2 Å². The molecule has 0 radical (unpaired) electrons. The average Bonchev–Trinajstić information content (AvgIpc) is 1.64. The fourth-order valence-electron chi connectivity index (χ4n) is 11.3. The van der Waals surface area contributed by atoms with Crippen LogP contribution in [0.15, 0.2) is 65.8 Å². The highest BCUT2D eigenvalue weighted by Crippen LogP contribution is 2.43. The highest BCUT2D eigenvalue weighted by atomic mass is 35.5. The molecule has 7 aromatic rings. The molecule has 89 heavy (non-hydrogen) atoms. The lowest BCUT2D eigenvalue weighted by Gasteiger charge is -2.39. The van der Waals surface area contributed by atoms with Crippen LogP contribution in [0.1, 0.15) is 83.0 Å². The van der Waals surface area contributed by atoms with E-state index in [-0.39, 0.29) is 85.8 Å². The number of halogens is 2. The number of thiophene rings is 1. The number of aromatic nitrogens is 7. The second-order valence-electron chi connectivity index (χ2n) is 21.7. The van der Waals surface area contributed by atoms with Gasteiger partial charge >= 0.3 is 11.9 Å². The number of ether oxygens (including phenoxy) is 6. The van der Waals surface area contributed by atoms with Gasteiger partial charge in [0, 0.05) is 75.6 Å². The smallest absolute Gasteiger partial charge is 0.340 e. The number of fused-ring (bicyclic) bond motifs is 5. The Kier molecular flexibility index (Phi) is 21.3. The highest BCUT2D eigenvalue weighted by Gasteiger charge is 2.46. The van der Waals surface area contributed by atoms with E-state index in [1.165, 1.54) is 18.1 Å². The molecule has 0 aliphatic carbocycles. The Morgan fingerprint density at radius 2 is 1.38 bits per heavy atom. The summed E-state index contributed by atoms with van der Waals surface area (Å²) < 4.78 is 52.3. The van der Waals surface area contributed by atoms with Crippen molar-refractivity contribution in [2.24, 2.45) is 4.99 Å². The Hall–Kier alpha value is -7.89. The monoisotopic (exact) mass is 1260 g/mol. The lowest BCUT2D eigenvalue weighted by atomic mass is 9.88. The normalized spacial score (nSPS) is 16.5. The topological polar surface area (TPSA) is 285 Å². The number of nitrogens with one attached hydrogen (secondary N) is 4. The molecule has 5 amide bonds. The van der Waals surface area contributed by atoms with Crippen LogP contribution >= 0.6 is 22.9 Å². The first-order chi connectivity index (χ1) is 43.1. The zero-order valence-corrected chi connectivity index (χ0v) is 51.6. The molecule has 1 fully saturated rings. The van der Waals surface area contributed by atoms with Crippen LogP contribution in [0.4, 0.5) is 4.39 Å². The molecule has 11 rings (SSSR count). The van der Waals surface area contributed by atoms with Crippen molar-refractivity contribution in [3.63, 3.8) is 0 Å². The van der Waals surface area contributed by atoms with E-state index in [1.54, 1.807) is 39.1 Å². The minimum Gasteiger partial charge on any atom is -0.468 e. The Balaban J connectivity index is 0.585. The maximum Gasteiger partial charge on any atom is 0.340 e. The molecular weight excluding hydrogens is 1190 g/mol. The molecule has 8 heterocycles. The first-order valence-electron chi connectivity index (χ1n) is 29.6. The summed E-state index contributed by atoms with van der Waals surface area (Å²) in [6.45, 7) is 9.68. The maximum absolute atomic E-state index is 16.2. The number of piperidine rings is 1. The summed E-state index contributed by atoms with van der Waals surface area (Å²) in [6.07, 6.45) is 2.49. The molecule has 4 aromatic heterocycles. The number of esters is 1. The van der Waals surface area contributed by atoms with Gasteiger partial charge in [0.1, 0.15) is 54.4 Å². The first-order valence-corrected chi connectivity index (χ1v) is 30.8. The van der Waals surface area contributed by atoms with Crippen molar-refractivity contribution >= 4 is 86.0 Å². The van der Waals surface area contributed by atoms with Gasteiger partial charge in [0.25, 0.3) is 0 Å². The molecule has 1 atom stereocenters. The Morgan fingerprint density at radius 1 is 0.730 bits per heavy atom. The predicted molar refractivity (Wildman–Crippen MR) is 328 cm³/mol. The van der Waals surface area contributed by atoms with Gasteiger partial charge in [-0.1, -0.05) is 40.7 Å². The molecule has 3 aromatic carbocycles. The molecule has 25 nitrogen and oxygen atoms in total. The number of aliphatic imine (C=N–C) groups is 1. The van der Waals surface area contributed by atoms with E-state index < -0.39 is 29.6 Å². The van der Waals surface area contributed by atoms with Gasteiger partial charge in [-0.2, -0.15) is 5.10 Å². The number of methoxy groups -OCH3 is 1. The van der Waals surface area contributed by atoms with Crippen molar-refractivity contribution in [1.29, 1.82) is 0 Å². The third-order valence-electron chi connectivity index (χ3n) is 16.0. The van der Waals surface area contributed by atoms with Crippen LogP contribution < -0.4 is 25.9 Å². The van der Waals surface area contributed by atoms with Crippen molar-refractivity contribution in [3.8, 4) is 16.1 Å². The summed E-state index contributed by atoms with van der Waals surface area (Å²) in [4.78, 5) is 85.7. The second kappa shape index (κ2) is 29.6. The molecule has 4 aliphatic rings. The second-order valence-corrected chi connectivity index (χ2v) is 23.3. The van der Waals surface area contributed by atoms with Gasteiger partial charge in [0.05, 0.1) is 116 Å². The maximum atomic E-state index is 16.2. The molecular formula is C61H72ClFN13O12S+. The zero-order chi connectivity index (χ0) is 62.6. The lowest BCUT2D eigenvalue weighted by Crippen LogP contribution is -2.65. The van der Waals surface area contributed by atoms with Crippen LogP contribution in [-0.2, 0) is 63.7 Å². The number of hydrogen-bond donors (Lipinski definition) is 4. The van der Waals surface area contributed by atoms with E-state index in [0.29, 0.717) is 136 Å². The molecule has 472 valence electrons. The van der Waals surface area contributed by atoms with Gasteiger partial charge in [-0.3, -0.25) is 38.2 Å². The Morgan fingerprint density at radius 3 is 2.06 bits per heavy atom. The van der Waals surface area contributed by atoms with Gasteiger partial charge in [-0.25, -0.2) is 9.18 Å². The lowest BCUT2D eigenvalue weighted by molar-refractivity contribution is -0.142. The van der Waals surface area contributed by atoms with Crippen LogP contribution in [-0.4, -0.2) is 188 Å². The van der Waals surface area contributed by atoms with Crippen LogP contribution in [0.3, 0.4) is 0 Å². The van der Waals surface area contributed by atoms with Gasteiger partial charge in [0.2, 0.25) is 23.6 Å². The minimum atomic E-state index is -0.630. The number of nitrogens with zero attached hydrogens (tertiary/aromatic N) is 9. The van der Waals surface area contributed by atoms with E-state index in [4.69, 9.17) is 45.4 Å². The van der Waals surface area contributed by atoms with Gasteiger partial charge in [0.15, 0.2) is 5.82 Å². The molecule has 0 saturated carbocycles. The molecule has 4 aliphatic heterocycles. The van der Waals surface area contributed by atoms with Crippen molar-refractivity contribution in [2.75, 3.05) is 112 Å². The van der Waals surface area contributed by atoms with E-state index >= 15 is 4.39 Å². The van der Waals surface area contributed by atoms with Crippen molar-refractivity contribution < 1.29 is 61.6 Å². The number of rotatable bonds is 30. The number of carbonyl (C=O) groups is 6. The summed E-state index contributed by atoms with van der Waals surface area (Å²) in [6, 6.07) is 15.5.